The summed E-state index contributed by atoms with van der Waals surface area (Å²) in [7, 11) is 0. The molecule has 1 aromatic heterocycles. The zero-order valence-corrected chi connectivity index (χ0v) is 20.3. The van der Waals surface area contributed by atoms with Gasteiger partial charge in [-0.1, -0.05) is 109 Å². The Morgan fingerprint density at radius 2 is 1.25 bits per heavy atom. The van der Waals surface area contributed by atoms with E-state index in [9.17, 15) is 0 Å². The van der Waals surface area contributed by atoms with Gasteiger partial charge in [0, 0.05) is 26.9 Å². The first-order chi connectivity index (χ1) is 17.9. The molecule has 0 saturated heterocycles. The molecule has 168 valence electrons. The summed E-state index contributed by atoms with van der Waals surface area (Å²) < 4.78 is 0. The number of rotatable bonds is 2. The lowest BCUT2D eigenvalue weighted by Crippen LogP contribution is -2.28. The number of hydrogen-bond acceptors (Lipinski definition) is 2. The van der Waals surface area contributed by atoms with Crippen LogP contribution in [-0.2, 0) is 5.41 Å². The minimum atomic E-state index is -0.443. The number of hydrogen-bond donors (Lipinski definition) is 0. The lowest BCUT2D eigenvalue weighted by molar-refractivity contribution is 0.767. The third-order valence-electron chi connectivity index (χ3n) is 7.79. The first-order valence-electron chi connectivity index (χ1n) is 12.3. The molecule has 0 bridgehead atoms. The third-order valence-corrected chi connectivity index (χ3v) is 8.92. The minimum Gasteiger partial charge on any atom is -0.256 e. The predicted molar refractivity (Wildman–Crippen MR) is 149 cm³/mol. The van der Waals surface area contributed by atoms with Gasteiger partial charge < -0.3 is 0 Å². The van der Waals surface area contributed by atoms with Gasteiger partial charge in [-0.25, -0.2) is 0 Å². The van der Waals surface area contributed by atoms with E-state index in [1.54, 1.807) is 0 Å². The van der Waals surface area contributed by atoms with Gasteiger partial charge in [-0.2, -0.15) is 0 Å². The second-order valence-corrected chi connectivity index (χ2v) is 10.6. The molecule has 0 amide bonds. The molecule has 2 aliphatic rings. The van der Waals surface area contributed by atoms with Crippen LogP contribution >= 0.6 is 11.8 Å². The van der Waals surface area contributed by atoms with Crippen molar-refractivity contribution in [3.05, 3.63) is 150 Å². The number of benzene rings is 5. The standard InChI is InChI=1S/C34H21NS/c1-3-11-22(12-4-1)34(23-13-5-2-6-14-23)27-17-10-20-35-33(27)32-25-16-9-19-30-31(25)26(21-28(32)34)24-15-7-8-18-29(24)36-30/h1-21H. The first-order valence-corrected chi connectivity index (χ1v) is 13.1. The molecule has 0 fully saturated rings. The van der Waals surface area contributed by atoms with Crippen LogP contribution in [0.25, 0.3) is 33.2 Å². The summed E-state index contributed by atoms with van der Waals surface area (Å²) in [5.74, 6) is 0. The maximum atomic E-state index is 5.04. The van der Waals surface area contributed by atoms with Crippen molar-refractivity contribution in [2.45, 2.75) is 15.2 Å². The Hall–Kier alpha value is -4.14. The molecule has 0 spiro atoms. The molecule has 0 radical (unpaired) electrons. The molecular formula is C34H21NS. The minimum absolute atomic E-state index is 0.443. The van der Waals surface area contributed by atoms with Gasteiger partial charge in [0.25, 0.3) is 0 Å². The molecule has 36 heavy (non-hydrogen) atoms. The maximum Gasteiger partial charge on any atom is 0.0759 e. The van der Waals surface area contributed by atoms with Crippen molar-refractivity contribution in [2.24, 2.45) is 0 Å². The number of fused-ring (bicyclic) bond motifs is 6. The SMILES string of the molecule is c1ccc(C2(c3ccccc3)c3cccnc3-c3c2cc2c4c(cccc34)Sc3ccccc3-2)cc1. The molecule has 5 aromatic carbocycles. The fourth-order valence-electron chi connectivity index (χ4n) is 6.41. The zero-order chi connectivity index (χ0) is 23.7. The van der Waals surface area contributed by atoms with Gasteiger partial charge in [0.2, 0.25) is 0 Å². The Bertz CT molecular complexity index is 1770. The molecule has 1 aliphatic carbocycles. The van der Waals surface area contributed by atoms with Gasteiger partial charge in [-0.3, -0.25) is 4.98 Å². The third kappa shape index (κ3) is 2.49. The summed E-state index contributed by atoms with van der Waals surface area (Å²) in [5, 5.41) is 2.63. The van der Waals surface area contributed by atoms with E-state index in [1.165, 1.54) is 59.5 Å². The summed E-state index contributed by atoms with van der Waals surface area (Å²) in [6, 6.07) is 44.3. The Kier molecular flexibility index (Phi) is 4.15. The Balaban J connectivity index is 1.62. The number of nitrogens with zero attached hydrogens (tertiary/aromatic N) is 1. The van der Waals surface area contributed by atoms with Gasteiger partial charge in [0.1, 0.15) is 0 Å². The molecule has 0 unspecified atom stereocenters. The second-order valence-electron chi connectivity index (χ2n) is 9.51. The van der Waals surface area contributed by atoms with Crippen LogP contribution in [0.2, 0.25) is 0 Å². The van der Waals surface area contributed by atoms with Crippen LogP contribution in [0, 0.1) is 0 Å². The summed E-state index contributed by atoms with van der Waals surface area (Å²) in [6.07, 6.45) is 1.94. The quantitative estimate of drug-likeness (QED) is 0.248. The van der Waals surface area contributed by atoms with Gasteiger partial charge in [-0.15, -0.1) is 0 Å². The molecule has 2 heterocycles. The van der Waals surface area contributed by atoms with Gasteiger partial charge >= 0.3 is 0 Å². The number of pyridine rings is 1. The highest BCUT2D eigenvalue weighted by Crippen LogP contribution is 2.60. The predicted octanol–water partition coefficient (Wildman–Crippen LogP) is 8.73. The molecule has 0 atom stereocenters. The fourth-order valence-corrected chi connectivity index (χ4v) is 7.55. The molecule has 0 N–H and O–H groups in total. The highest BCUT2D eigenvalue weighted by Gasteiger charge is 2.48. The van der Waals surface area contributed by atoms with Crippen molar-refractivity contribution in [3.8, 4) is 22.4 Å². The highest BCUT2D eigenvalue weighted by atomic mass is 32.2. The van der Waals surface area contributed by atoms with Gasteiger partial charge in [0.15, 0.2) is 0 Å². The van der Waals surface area contributed by atoms with Crippen molar-refractivity contribution >= 4 is 22.5 Å². The van der Waals surface area contributed by atoms with Crippen LogP contribution in [0.5, 0.6) is 0 Å². The number of aromatic nitrogens is 1. The van der Waals surface area contributed by atoms with Crippen LogP contribution in [-0.4, -0.2) is 4.98 Å². The molecule has 0 saturated carbocycles. The Morgan fingerprint density at radius 3 is 2.03 bits per heavy atom. The van der Waals surface area contributed by atoms with Gasteiger partial charge in [-0.05, 0) is 63.0 Å². The van der Waals surface area contributed by atoms with E-state index in [0.717, 1.165) is 5.69 Å². The van der Waals surface area contributed by atoms with Crippen molar-refractivity contribution in [2.75, 3.05) is 0 Å². The Morgan fingerprint density at radius 1 is 0.556 bits per heavy atom. The molecule has 1 nitrogen and oxygen atoms in total. The average Bonchev–Trinajstić information content (AvgIpc) is 3.25. The second kappa shape index (κ2) is 7.43. The molecule has 1 aliphatic heterocycles. The molecule has 6 aromatic rings. The van der Waals surface area contributed by atoms with Crippen LogP contribution in [0.3, 0.4) is 0 Å². The van der Waals surface area contributed by atoms with E-state index in [0.29, 0.717) is 0 Å². The lowest BCUT2D eigenvalue weighted by atomic mass is 9.67. The normalized spacial score (nSPS) is 14.2. The van der Waals surface area contributed by atoms with Crippen molar-refractivity contribution in [1.29, 1.82) is 0 Å². The van der Waals surface area contributed by atoms with E-state index in [4.69, 9.17) is 4.98 Å². The monoisotopic (exact) mass is 475 g/mol. The lowest BCUT2D eigenvalue weighted by Gasteiger charge is -2.34. The molecular weight excluding hydrogens is 454 g/mol. The highest BCUT2D eigenvalue weighted by molar-refractivity contribution is 7.99. The van der Waals surface area contributed by atoms with Crippen molar-refractivity contribution in [3.63, 3.8) is 0 Å². The van der Waals surface area contributed by atoms with Crippen LogP contribution < -0.4 is 0 Å². The van der Waals surface area contributed by atoms with Crippen LogP contribution in [0.1, 0.15) is 22.3 Å². The first kappa shape index (κ1) is 20.1. The van der Waals surface area contributed by atoms with E-state index >= 15 is 0 Å². The maximum absolute atomic E-state index is 5.04. The van der Waals surface area contributed by atoms with Crippen LogP contribution in [0.15, 0.2) is 137 Å². The van der Waals surface area contributed by atoms with Crippen LogP contribution in [0.4, 0.5) is 0 Å². The van der Waals surface area contributed by atoms with Gasteiger partial charge in [0.05, 0.1) is 11.1 Å². The zero-order valence-electron chi connectivity index (χ0n) is 19.5. The fraction of sp³-hybridized carbons (Fsp3) is 0.0294. The summed E-state index contributed by atoms with van der Waals surface area (Å²) in [5.41, 5.74) is 9.64. The summed E-state index contributed by atoms with van der Waals surface area (Å²) >= 11 is 1.87. The molecule has 2 heteroatoms. The Labute approximate surface area is 214 Å². The molecule has 8 rings (SSSR count). The van der Waals surface area contributed by atoms with E-state index < -0.39 is 5.41 Å². The van der Waals surface area contributed by atoms with E-state index in [2.05, 4.69) is 121 Å². The van der Waals surface area contributed by atoms with E-state index in [-0.39, 0.29) is 0 Å². The van der Waals surface area contributed by atoms with Crippen molar-refractivity contribution < 1.29 is 0 Å². The summed E-state index contributed by atoms with van der Waals surface area (Å²) in [4.78, 5) is 7.67. The largest absolute Gasteiger partial charge is 0.256 e. The average molecular weight is 476 g/mol. The smallest absolute Gasteiger partial charge is 0.0759 e. The van der Waals surface area contributed by atoms with Crippen molar-refractivity contribution in [1.82, 2.24) is 4.98 Å². The topological polar surface area (TPSA) is 12.9 Å². The van der Waals surface area contributed by atoms with E-state index in [1.807, 2.05) is 18.0 Å². The summed E-state index contributed by atoms with van der Waals surface area (Å²) in [6.45, 7) is 0.